The Hall–Kier alpha value is -2.82. The molecule has 0 saturated carbocycles. The van der Waals surface area contributed by atoms with Gasteiger partial charge in [-0.15, -0.1) is 0 Å². The predicted molar refractivity (Wildman–Crippen MR) is 99.4 cm³/mol. The molecule has 0 heterocycles. The second kappa shape index (κ2) is 8.33. The predicted octanol–water partition coefficient (Wildman–Crippen LogP) is 3.52. The second-order valence-corrected chi connectivity index (χ2v) is 6.60. The van der Waals surface area contributed by atoms with Crippen LogP contribution < -0.4 is 14.9 Å². The van der Waals surface area contributed by atoms with Gasteiger partial charge in [-0.25, -0.2) is 5.43 Å². The number of amides is 1. The van der Waals surface area contributed by atoms with Crippen LogP contribution in [0.25, 0.3) is 0 Å². The maximum Gasteiger partial charge on any atom is 0.277 e. The van der Waals surface area contributed by atoms with Gasteiger partial charge in [0.1, 0.15) is 11.5 Å². The van der Waals surface area contributed by atoms with Gasteiger partial charge in [-0.1, -0.05) is 45.0 Å². The Balaban J connectivity index is 1.83. The van der Waals surface area contributed by atoms with Gasteiger partial charge in [-0.3, -0.25) is 4.79 Å². The Morgan fingerprint density at radius 3 is 2.44 bits per heavy atom. The fourth-order valence-electron chi connectivity index (χ4n) is 2.18. The summed E-state index contributed by atoms with van der Waals surface area (Å²) < 4.78 is 10.7. The summed E-state index contributed by atoms with van der Waals surface area (Å²) >= 11 is 0. The molecule has 2 rings (SSSR count). The van der Waals surface area contributed by atoms with Crippen LogP contribution in [-0.2, 0) is 10.2 Å². The van der Waals surface area contributed by atoms with E-state index in [4.69, 9.17) is 9.47 Å². The molecular formula is C20H24N2O3. The summed E-state index contributed by atoms with van der Waals surface area (Å²) in [5.74, 6) is 1.01. The number of benzene rings is 2. The molecule has 2 aromatic carbocycles. The van der Waals surface area contributed by atoms with E-state index in [1.807, 2.05) is 48.5 Å². The molecule has 25 heavy (non-hydrogen) atoms. The number of hydrazone groups is 1. The van der Waals surface area contributed by atoms with Crippen LogP contribution in [0.1, 0.15) is 31.9 Å². The minimum atomic E-state index is -0.328. The summed E-state index contributed by atoms with van der Waals surface area (Å²) in [5, 5.41) is 3.92. The molecule has 0 aliphatic carbocycles. The van der Waals surface area contributed by atoms with Gasteiger partial charge in [0.2, 0.25) is 0 Å². The first-order valence-electron chi connectivity index (χ1n) is 8.08. The lowest BCUT2D eigenvalue weighted by molar-refractivity contribution is -0.123. The monoisotopic (exact) mass is 340 g/mol. The van der Waals surface area contributed by atoms with E-state index in [1.54, 1.807) is 7.11 Å². The molecule has 2 aromatic rings. The topological polar surface area (TPSA) is 59.9 Å². The van der Waals surface area contributed by atoms with E-state index in [0.29, 0.717) is 11.5 Å². The molecule has 0 aliphatic rings. The van der Waals surface area contributed by atoms with E-state index in [9.17, 15) is 4.79 Å². The van der Waals surface area contributed by atoms with Gasteiger partial charge in [-0.2, -0.15) is 5.10 Å². The van der Waals surface area contributed by atoms with Crippen LogP contribution in [0.3, 0.4) is 0 Å². The van der Waals surface area contributed by atoms with Crippen LogP contribution in [0.2, 0.25) is 0 Å². The number of rotatable bonds is 6. The lowest BCUT2D eigenvalue weighted by atomic mass is 9.87. The van der Waals surface area contributed by atoms with Crippen molar-refractivity contribution >= 4 is 12.1 Å². The number of nitrogens with zero attached hydrogens (tertiary/aromatic N) is 1. The van der Waals surface area contributed by atoms with Gasteiger partial charge in [0.05, 0.1) is 13.3 Å². The van der Waals surface area contributed by atoms with Crippen molar-refractivity contribution in [2.45, 2.75) is 26.2 Å². The first-order valence-corrected chi connectivity index (χ1v) is 8.08. The Kier molecular flexibility index (Phi) is 6.17. The number of carbonyl (C=O) groups excluding carboxylic acids is 1. The molecule has 0 aromatic heterocycles. The summed E-state index contributed by atoms with van der Waals surface area (Å²) in [6, 6.07) is 15.2. The molecule has 1 N–H and O–H groups in total. The molecule has 0 saturated heterocycles. The number of methoxy groups -OCH3 is 1. The fraction of sp³-hybridized carbons (Fsp3) is 0.300. The standard InChI is InChI=1S/C20H24N2O3/c1-20(2,3)16-9-11-17(12-10-16)25-14-19(23)22-21-13-15-7-5-6-8-18(15)24-4/h5-13H,14H2,1-4H3,(H,22,23). The Bertz CT molecular complexity index is 731. The quantitative estimate of drug-likeness (QED) is 0.646. The SMILES string of the molecule is COc1ccccc1C=NNC(=O)COc1ccc(C(C)(C)C)cc1. The zero-order valence-electron chi connectivity index (χ0n) is 15.1. The maximum atomic E-state index is 11.8. The molecule has 0 bridgehead atoms. The van der Waals surface area contributed by atoms with E-state index in [-0.39, 0.29) is 17.9 Å². The molecule has 132 valence electrons. The fourth-order valence-corrected chi connectivity index (χ4v) is 2.18. The van der Waals surface area contributed by atoms with E-state index in [0.717, 1.165) is 5.56 Å². The van der Waals surface area contributed by atoms with Gasteiger partial charge < -0.3 is 9.47 Å². The van der Waals surface area contributed by atoms with Crippen molar-refractivity contribution in [3.8, 4) is 11.5 Å². The van der Waals surface area contributed by atoms with Crippen molar-refractivity contribution in [3.05, 3.63) is 59.7 Å². The minimum Gasteiger partial charge on any atom is -0.496 e. The number of hydrogen-bond donors (Lipinski definition) is 1. The van der Waals surface area contributed by atoms with Crippen LogP contribution in [0.5, 0.6) is 11.5 Å². The smallest absolute Gasteiger partial charge is 0.277 e. The molecule has 0 unspecified atom stereocenters. The van der Waals surface area contributed by atoms with Crippen molar-refractivity contribution in [1.82, 2.24) is 5.43 Å². The lowest BCUT2D eigenvalue weighted by Crippen LogP contribution is -2.24. The highest BCUT2D eigenvalue weighted by Crippen LogP contribution is 2.24. The Morgan fingerprint density at radius 2 is 1.80 bits per heavy atom. The van der Waals surface area contributed by atoms with Crippen molar-refractivity contribution in [3.63, 3.8) is 0 Å². The molecule has 0 radical (unpaired) electrons. The molecule has 5 heteroatoms. The third kappa shape index (κ3) is 5.64. The van der Waals surface area contributed by atoms with Crippen molar-refractivity contribution in [1.29, 1.82) is 0 Å². The molecule has 5 nitrogen and oxygen atoms in total. The van der Waals surface area contributed by atoms with Crippen LogP contribution in [-0.4, -0.2) is 25.8 Å². The summed E-state index contributed by atoms with van der Waals surface area (Å²) in [6.07, 6.45) is 1.54. The summed E-state index contributed by atoms with van der Waals surface area (Å²) in [6.45, 7) is 6.35. The molecule has 1 amide bonds. The highest BCUT2D eigenvalue weighted by Gasteiger charge is 2.13. The zero-order chi connectivity index (χ0) is 18.3. The van der Waals surface area contributed by atoms with Crippen molar-refractivity contribution in [2.24, 2.45) is 5.10 Å². The Labute approximate surface area is 148 Å². The summed E-state index contributed by atoms with van der Waals surface area (Å²) in [7, 11) is 1.59. The lowest BCUT2D eigenvalue weighted by Gasteiger charge is -2.19. The van der Waals surface area contributed by atoms with Crippen molar-refractivity contribution < 1.29 is 14.3 Å². The van der Waals surface area contributed by atoms with E-state index < -0.39 is 0 Å². The second-order valence-electron chi connectivity index (χ2n) is 6.60. The normalized spacial score (nSPS) is 11.4. The number of ether oxygens (including phenoxy) is 2. The zero-order valence-corrected chi connectivity index (χ0v) is 15.1. The first-order chi connectivity index (χ1) is 11.9. The maximum absolute atomic E-state index is 11.8. The molecule has 0 fully saturated rings. The summed E-state index contributed by atoms with van der Waals surface area (Å²) in [5.41, 5.74) is 4.52. The van der Waals surface area contributed by atoms with E-state index >= 15 is 0 Å². The van der Waals surface area contributed by atoms with E-state index in [2.05, 4.69) is 31.3 Å². The Morgan fingerprint density at radius 1 is 1.12 bits per heavy atom. The number of hydrogen-bond acceptors (Lipinski definition) is 4. The molecule has 0 aliphatic heterocycles. The minimum absolute atomic E-state index is 0.0864. The highest BCUT2D eigenvalue weighted by molar-refractivity contribution is 5.85. The number of nitrogens with one attached hydrogen (secondary N) is 1. The van der Waals surface area contributed by atoms with Gasteiger partial charge in [0.15, 0.2) is 6.61 Å². The third-order valence-electron chi connectivity index (χ3n) is 3.62. The molecular weight excluding hydrogens is 316 g/mol. The largest absolute Gasteiger partial charge is 0.496 e. The first kappa shape index (κ1) is 18.5. The van der Waals surface area contributed by atoms with Crippen LogP contribution >= 0.6 is 0 Å². The van der Waals surface area contributed by atoms with Gasteiger partial charge in [-0.05, 0) is 35.2 Å². The average molecular weight is 340 g/mol. The average Bonchev–Trinajstić information content (AvgIpc) is 2.60. The van der Waals surface area contributed by atoms with Gasteiger partial charge in [0.25, 0.3) is 5.91 Å². The third-order valence-corrected chi connectivity index (χ3v) is 3.62. The number of carbonyl (C=O) groups is 1. The van der Waals surface area contributed by atoms with Crippen LogP contribution in [0.4, 0.5) is 0 Å². The molecule has 0 atom stereocenters. The van der Waals surface area contributed by atoms with Gasteiger partial charge in [0, 0.05) is 5.56 Å². The van der Waals surface area contributed by atoms with E-state index in [1.165, 1.54) is 11.8 Å². The highest BCUT2D eigenvalue weighted by atomic mass is 16.5. The van der Waals surface area contributed by atoms with Crippen LogP contribution in [0.15, 0.2) is 53.6 Å². The molecule has 0 spiro atoms. The van der Waals surface area contributed by atoms with Crippen molar-refractivity contribution in [2.75, 3.05) is 13.7 Å². The van der Waals surface area contributed by atoms with Crippen LogP contribution in [0, 0.1) is 0 Å². The summed E-state index contributed by atoms with van der Waals surface area (Å²) in [4.78, 5) is 11.8. The van der Waals surface area contributed by atoms with Gasteiger partial charge >= 0.3 is 0 Å². The number of para-hydroxylation sites is 1.